The van der Waals surface area contributed by atoms with Gasteiger partial charge in [-0.15, -0.1) is 0 Å². The van der Waals surface area contributed by atoms with Crippen LogP contribution in [0.25, 0.3) is 21.9 Å². The summed E-state index contributed by atoms with van der Waals surface area (Å²) in [5.74, 6) is -1.24. The number of para-hydroxylation sites is 1. The van der Waals surface area contributed by atoms with E-state index in [1.807, 2.05) is 23.0 Å². The molecule has 3 aliphatic rings. The number of aryl methyl sites for hydroxylation is 1. The van der Waals surface area contributed by atoms with Gasteiger partial charge in [0.15, 0.2) is 0 Å². The number of halogens is 3. The molecule has 55 heavy (non-hydrogen) atoms. The first-order valence-electron chi connectivity index (χ1n) is 18.5. The zero-order valence-electron chi connectivity index (χ0n) is 30.1. The van der Waals surface area contributed by atoms with E-state index in [2.05, 4.69) is 36.7 Å². The van der Waals surface area contributed by atoms with Crippen molar-refractivity contribution in [3.8, 4) is 0 Å². The zero-order chi connectivity index (χ0) is 38.6. The normalized spacial score (nSPS) is 23.0. The predicted molar refractivity (Wildman–Crippen MR) is 194 cm³/mol. The third-order valence-electron chi connectivity index (χ3n) is 11.4. The average Bonchev–Trinajstić information content (AvgIpc) is 3.69. The topological polar surface area (TPSA) is 169 Å². The van der Waals surface area contributed by atoms with Gasteiger partial charge >= 0.3 is 11.9 Å². The van der Waals surface area contributed by atoms with Gasteiger partial charge in [0.05, 0.1) is 28.9 Å². The monoisotopic (exact) mass is 759 g/mol. The standard InChI is InChI=1S/C38H40F3N9O5/c1-47-33-25(4-2-6-28(33)50(36(47)54)29-8-9-32(51)45-35(29)53)22-12-16-48(17-13-22)21-37(55)14-10-24(11-15-37)49-20-23-18-31(42-19-27(23)46-49)44-34(52)26-5-3-7-30(43-26)38(39,40)41/h2-7,18-20,22,24,29,55H,8-17,21H2,1H3,(H,44,52)(H,45,51,53)/t24-,29?,37+. The number of aliphatic hydroxyl groups is 1. The number of carbonyl (C=O) groups excluding carboxylic acids is 3. The summed E-state index contributed by atoms with van der Waals surface area (Å²) in [6, 6.07) is 9.88. The fraction of sp³-hybridized carbons (Fsp3) is 0.447. The molecule has 3 N–H and O–H groups in total. The predicted octanol–water partition coefficient (Wildman–Crippen LogP) is 4.45. The van der Waals surface area contributed by atoms with Crippen molar-refractivity contribution in [1.29, 1.82) is 0 Å². The molecule has 1 saturated carbocycles. The van der Waals surface area contributed by atoms with Crippen molar-refractivity contribution in [3.05, 3.63) is 82.3 Å². The maximum atomic E-state index is 13.4. The second kappa shape index (κ2) is 14.0. The number of rotatable bonds is 7. The molecule has 5 aromatic rings. The first kappa shape index (κ1) is 36.6. The fourth-order valence-electron chi connectivity index (χ4n) is 8.51. The molecule has 1 unspecified atom stereocenters. The van der Waals surface area contributed by atoms with Crippen LogP contribution < -0.4 is 16.3 Å². The number of amides is 3. The molecule has 8 rings (SSSR count). The molecule has 3 fully saturated rings. The summed E-state index contributed by atoms with van der Waals surface area (Å²) in [6.07, 6.45) is 3.44. The zero-order valence-corrected chi connectivity index (χ0v) is 30.1. The third kappa shape index (κ3) is 7.13. The number of aromatic nitrogens is 6. The number of nitrogens with zero attached hydrogens (tertiary/aromatic N) is 7. The van der Waals surface area contributed by atoms with Crippen molar-refractivity contribution in [2.24, 2.45) is 7.05 Å². The summed E-state index contributed by atoms with van der Waals surface area (Å²) in [7, 11) is 1.73. The van der Waals surface area contributed by atoms with Crippen LogP contribution in [-0.4, -0.2) is 81.8 Å². The molecule has 0 spiro atoms. The van der Waals surface area contributed by atoms with Gasteiger partial charge in [0.1, 0.15) is 28.8 Å². The minimum atomic E-state index is -4.67. The largest absolute Gasteiger partial charge is 0.433 e. The van der Waals surface area contributed by atoms with Gasteiger partial charge in [0.25, 0.3) is 5.91 Å². The highest BCUT2D eigenvalue weighted by Crippen LogP contribution is 2.39. The summed E-state index contributed by atoms with van der Waals surface area (Å²) in [5, 5.41) is 21.9. The molecule has 1 aromatic carbocycles. The quantitative estimate of drug-likeness (QED) is 0.203. The molecule has 17 heteroatoms. The van der Waals surface area contributed by atoms with Crippen molar-refractivity contribution in [2.45, 2.75) is 81.1 Å². The van der Waals surface area contributed by atoms with Gasteiger partial charge in [0, 0.05) is 31.6 Å². The van der Waals surface area contributed by atoms with E-state index in [1.165, 1.54) is 16.8 Å². The SMILES string of the molecule is Cn1c(=O)n(C2CCC(=O)NC2=O)c2cccc(C3CCN(C[C@]4(O)CC[C@@H](n5cc6cc(NC(=O)c7cccc(C(F)(F)F)n7)ncc6n5)CC4)CC3)c21. The molecule has 288 valence electrons. The number of β-amino-alcohol motifs (C(OH)–C–C–N with tert-alkyl or cyclic N) is 1. The highest BCUT2D eigenvalue weighted by atomic mass is 19.4. The molecule has 6 heterocycles. The van der Waals surface area contributed by atoms with Crippen LogP contribution in [0.15, 0.2) is 59.7 Å². The number of fused-ring (bicyclic) bond motifs is 2. The van der Waals surface area contributed by atoms with Crippen LogP contribution in [0.1, 0.15) is 91.1 Å². The van der Waals surface area contributed by atoms with Gasteiger partial charge in [-0.25, -0.2) is 14.8 Å². The summed E-state index contributed by atoms with van der Waals surface area (Å²) in [6.45, 7) is 2.12. The fourth-order valence-corrected chi connectivity index (χ4v) is 8.51. The van der Waals surface area contributed by atoms with Crippen molar-refractivity contribution < 1.29 is 32.7 Å². The molecule has 14 nitrogen and oxygen atoms in total. The Morgan fingerprint density at radius 1 is 1.04 bits per heavy atom. The Labute approximate surface area is 312 Å². The van der Waals surface area contributed by atoms with Gasteiger partial charge in [-0.1, -0.05) is 18.2 Å². The molecule has 0 bridgehead atoms. The molecule has 2 saturated heterocycles. The van der Waals surface area contributed by atoms with E-state index in [9.17, 15) is 37.5 Å². The van der Waals surface area contributed by atoms with Crippen LogP contribution >= 0.6 is 0 Å². The Hall–Kier alpha value is -5.42. The number of hydrogen-bond donors (Lipinski definition) is 3. The van der Waals surface area contributed by atoms with Crippen molar-refractivity contribution in [1.82, 2.24) is 39.1 Å². The Morgan fingerprint density at radius 2 is 1.78 bits per heavy atom. The molecular formula is C38H40F3N9O5. The smallest absolute Gasteiger partial charge is 0.389 e. The number of carbonyl (C=O) groups is 3. The van der Waals surface area contributed by atoms with Crippen LogP contribution in [0, 0.1) is 0 Å². The Balaban J connectivity index is 0.875. The van der Waals surface area contributed by atoms with Gasteiger partial charge < -0.3 is 15.3 Å². The van der Waals surface area contributed by atoms with E-state index in [4.69, 9.17) is 0 Å². The highest BCUT2D eigenvalue weighted by Gasteiger charge is 2.38. The molecule has 1 aliphatic carbocycles. The van der Waals surface area contributed by atoms with Crippen LogP contribution in [0.4, 0.5) is 19.0 Å². The lowest BCUT2D eigenvalue weighted by molar-refractivity contribution is -0.141. The van der Waals surface area contributed by atoms with E-state index >= 15 is 0 Å². The van der Waals surface area contributed by atoms with Crippen molar-refractivity contribution in [2.75, 3.05) is 25.0 Å². The molecule has 1 atom stereocenters. The average molecular weight is 760 g/mol. The lowest BCUT2D eigenvalue weighted by Gasteiger charge is -2.41. The minimum Gasteiger partial charge on any atom is -0.389 e. The number of piperidine rings is 2. The number of nitrogens with one attached hydrogen (secondary N) is 2. The second-order valence-corrected chi connectivity index (χ2v) is 15.0. The van der Waals surface area contributed by atoms with Crippen LogP contribution in [0.5, 0.6) is 0 Å². The van der Waals surface area contributed by atoms with Gasteiger partial charge in [-0.05, 0) is 93.8 Å². The summed E-state index contributed by atoms with van der Waals surface area (Å²) in [4.78, 5) is 60.5. The first-order chi connectivity index (χ1) is 26.3. The first-order valence-corrected chi connectivity index (χ1v) is 18.5. The lowest BCUT2D eigenvalue weighted by Crippen LogP contribution is -2.48. The van der Waals surface area contributed by atoms with Crippen molar-refractivity contribution >= 4 is 45.5 Å². The Kier molecular flexibility index (Phi) is 9.31. The van der Waals surface area contributed by atoms with E-state index < -0.39 is 35.3 Å². The summed E-state index contributed by atoms with van der Waals surface area (Å²) in [5.41, 5.74) is 0.488. The van der Waals surface area contributed by atoms with E-state index in [-0.39, 0.29) is 47.9 Å². The molecule has 2 aliphatic heterocycles. The Bertz CT molecular complexity index is 2370. The number of imidazole rings is 1. The second-order valence-electron chi connectivity index (χ2n) is 15.0. The van der Waals surface area contributed by atoms with Crippen LogP contribution in [0.2, 0.25) is 0 Å². The summed E-state index contributed by atoms with van der Waals surface area (Å²) < 4.78 is 44.2. The van der Waals surface area contributed by atoms with E-state index in [1.54, 1.807) is 17.7 Å². The molecule has 0 radical (unpaired) electrons. The minimum absolute atomic E-state index is 0.0466. The number of hydrogen-bond acceptors (Lipinski definition) is 9. The summed E-state index contributed by atoms with van der Waals surface area (Å²) >= 11 is 0. The number of alkyl halides is 3. The number of likely N-dealkylation sites (tertiary alicyclic amines) is 1. The maximum Gasteiger partial charge on any atom is 0.433 e. The van der Waals surface area contributed by atoms with Gasteiger partial charge in [-0.3, -0.25) is 33.5 Å². The number of imide groups is 1. The van der Waals surface area contributed by atoms with E-state index in [0.29, 0.717) is 48.6 Å². The highest BCUT2D eigenvalue weighted by molar-refractivity contribution is 6.03. The molecule has 4 aromatic heterocycles. The maximum absolute atomic E-state index is 13.4. The molecule has 3 amide bonds. The number of benzene rings is 1. The van der Waals surface area contributed by atoms with Crippen LogP contribution in [-0.2, 0) is 22.8 Å². The lowest BCUT2D eigenvalue weighted by atomic mass is 9.81. The van der Waals surface area contributed by atoms with Crippen molar-refractivity contribution in [3.63, 3.8) is 0 Å². The molecular weight excluding hydrogens is 719 g/mol. The van der Waals surface area contributed by atoms with E-state index in [0.717, 1.165) is 49.1 Å². The Morgan fingerprint density at radius 3 is 2.51 bits per heavy atom. The van der Waals surface area contributed by atoms with Gasteiger partial charge in [0.2, 0.25) is 11.8 Å². The number of anilines is 1. The third-order valence-corrected chi connectivity index (χ3v) is 11.4. The van der Waals surface area contributed by atoms with Crippen LogP contribution in [0.3, 0.4) is 0 Å². The number of pyridine rings is 2. The van der Waals surface area contributed by atoms with Gasteiger partial charge in [-0.2, -0.15) is 18.3 Å².